The summed E-state index contributed by atoms with van der Waals surface area (Å²) < 4.78 is 0. The van der Waals surface area contributed by atoms with Crippen LogP contribution in [0.1, 0.15) is 19.5 Å². The zero-order valence-corrected chi connectivity index (χ0v) is 12.4. The molecule has 0 bridgehead atoms. The molecule has 0 spiro atoms. The lowest BCUT2D eigenvalue weighted by molar-refractivity contribution is 0.583. The lowest BCUT2D eigenvalue weighted by Gasteiger charge is -2.04. The van der Waals surface area contributed by atoms with Crippen molar-refractivity contribution < 1.29 is 0 Å². The lowest BCUT2D eigenvalue weighted by atomic mass is 10.3. The average Bonchev–Trinajstić information content (AvgIpc) is 2.75. The fraction of sp³-hybridized carbons (Fsp3) is 0.333. The van der Waals surface area contributed by atoms with Crippen molar-refractivity contribution in [2.45, 2.75) is 26.4 Å². The smallest absolute Gasteiger partial charge is 0.143 e. The Labute approximate surface area is 120 Å². The zero-order chi connectivity index (χ0) is 13.1. The van der Waals surface area contributed by atoms with Crippen molar-refractivity contribution in [2.24, 2.45) is 0 Å². The van der Waals surface area contributed by atoms with E-state index in [1.165, 1.54) is 11.3 Å². The first-order valence-corrected chi connectivity index (χ1v) is 7.19. The van der Waals surface area contributed by atoms with E-state index in [2.05, 4.69) is 29.1 Å². The number of nitrogens with zero attached hydrogens (tertiary/aromatic N) is 2. The molecular weight excluding hydrogens is 289 g/mol. The van der Waals surface area contributed by atoms with Crippen LogP contribution >= 0.6 is 34.5 Å². The highest BCUT2D eigenvalue weighted by molar-refractivity contribution is 7.13. The van der Waals surface area contributed by atoms with E-state index in [4.69, 9.17) is 23.2 Å². The summed E-state index contributed by atoms with van der Waals surface area (Å²) in [5, 5.41) is 7.21. The van der Waals surface area contributed by atoms with Gasteiger partial charge in [-0.15, -0.1) is 11.3 Å². The van der Waals surface area contributed by atoms with Gasteiger partial charge in [-0.1, -0.05) is 37.0 Å². The van der Waals surface area contributed by atoms with Crippen molar-refractivity contribution >= 4 is 34.5 Å². The van der Waals surface area contributed by atoms with Crippen molar-refractivity contribution in [1.29, 1.82) is 0 Å². The first-order valence-electron chi connectivity index (χ1n) is 5.55. The van der Waals surface area contributed by atoms with E-state index in [1.54, 1.807) is 12.3 Å². The Kier molecular flexibility index (Phi) is 4.56. The van der Waals surface area contributed by atoms with Gasteiger partial charge in [-0.3, -0.25) is 4.98 Å². The molecule has 2 heterocycles. The minimum absolute atomic E-state index is 0.437. The Morgan fingerprint density at radius 2 is 2.17 bits per heavy atom. The molecule has 0 aliphatic heterocycles. The molecular formula is C12H13Cl2N3S. The highest BCUT2D eigenvalue weighted by Gasteiger charge is 2.10. The van der Waals surface area contributed by atoms with Gasteiger partial charge in [0.15, 0.2) is 0 Å². The number of thiazole rings is 1. The molecule has 0 fully saturated rings. The van der Waals surface area contributed by atoms with E-state index < -0.39 is 0 Å². The molecule has 0 aliphatic rings. The summed E-state index contributed by atoms with van der Waals surface area (Å²) in [7, 11) is 0. The topological polar surface area (TPSA) is 37.8 Å². The first-order chi connectivity index (χ1) is 8.56. The summed E-state index contributed by atoms with van der Waals surface area (Å²) >= 11 is 13.5. The number of pyridine rings is 1. The Bertz CT molecular complexity index is 540. The van der Waals surface area contributed by atoms with Crippen LogP contribution in [-0.4, -0.2) is 16.0 Å². The minimum atomic E-state index is 0.437. The highest BCUT2D eigenvalue weighted by Crippen LogP contribution is 2.30. The molecule has 0 aliphatic carbocycles. The molecule has 0 atom stereocenters. The quantitative estimate of drug-likeness (QED) is 0.927. The molecule has 6 heteroatoms. The Balaban J connectivity index is 2.18. The third-order valence-corrected chi connectivity index (χ3v) is 3.65. The van der Waals surface area contributed by atoms with Crippen molar-refractivity contribution in [1.82, 2.24) is 15.3 Å². The van der Waals surface area contributed by atoms with Crippen LogP contribution in [-0.2, 0) is 6.54 Å². The van der Waals surface area contributed by atoms with Gasteiger partial charge in [0, 0.05) is 24.2 Å². The van der Waals surface area contributed by atoms with E-state index in [0.29, 0.717) is 21.8 Å². The summed E-state index contributed by atoms with van der Waals surface area (Å²) in [6.07, 6.45) is 1.58. The predicted octanol–water partition coefficient (Wildman–Crippen LogP) is 4.01. The van der Waals surface area contributed by atoms with Crippen LogP contribution in [0.4, 0.5) is 0 Å². The third kappa shape index (κ3) is 3.42. The molecule has 0 aromatic carbocycles. The molecule has 0 radical (unpaired) electrons. The fourth-order valence-corrected chi connectivity index (χ4v) is 2.73. The Morgan fingerprint density at radius 3 is 2.83 bits per heavy atom. The molecule has 0 saturated heterocycles. The van der Waals surface area contributed by atoms with Crippen LogP contribution < -0.4 is 5.32 Å². The van der Waals surface area contributed by atoms with Gasteiger partial charge >= 0.3 is 0 Å². The molecule has 1 N–H and O–H groups in total. The maximum absolute atomic E-state index is 6.10. The number of hydrogen-bond donors (Lipinski definition) is 1. The van der Waals surface area contributed by atoms with Gasteiger partial charge in [-0.2, -0.15) is 0 Å². The second-order valence-electron chi connectivity index (χ2n) is 4.16. The fourth-order valence-electron chi connectivity index (χ4n) is 1.38. The maximum Gasteiger partial charge on any atom is 0.143 e. The summed E-state index contributed by atoms with van der Waals surface area (Å²) in [5.74, 6) is 0. The van der Waals surface area contributed by atoms with Crippen molar-refractivity contribution in [3.63, 3.8) is 0 Å². The second-order valence-corrected chi connectivity index (χ2v) is 5.87. The zero-order valence-electron chi connectivity index (χ0n) is 10.1. The second kappa shape index (κ2) is 5.97. The van der Waals surface area contributed by atoms with E-state index in [1.807, 2.05) is 5.38 Å². The molecule has 2 aromatic rings. The summed E-state index contributed by atoms with van der Waals surface area (Å²) in [4.78, 5) is 8.73. The number of halogens is 2. The first kappa shape index (κ1) is 13.7. The standard InChI is InChI=1S/C12H13Cl2N3S/c1-7(2)15-5-9-6-18-12(17-9)11-10(14)3-8(13)4-16-11/h3-4,6-7,15H,5H2,1-2H3. The number of rotatable bonds is 4. The highest BCUT2D eigenvalue weighted by atomic mass is 35.5. The molecule has 0 saturated carbocycles. The van der Waals surface area contributed by atoms with Crippen molar-refractivity contribution in [3.8, 4) is 10.7 Å². The Morgan fingerprint density at radius 1 is 1.39 bits per heavy atom. The molecule has 18 heavy (non-hydrogen) atoms. The number of aromatic nitrogens is 2. The SMILES string of the molecule is CC(C)NCc1csc(-c2ncc(Cl)cc2Cl)n1. The van der Waals surface area contributed by atoms with E-state index in [0.717, 1.165) is 17.2 Å². The van der Waals surface area contributed by atoms with Gasteiger partial charge in [0.25, 0.3) is 0 Å². The van der Waals surface area contributed by atoms with E-state index in [-0.39, 0.29) is 0 Å². The maximum atomic E-state index is 6.10. The van der Waals surface area contributed by atoms with Crippen LogP contribution in [0.3, 0.4) is 0 Å². The Hall–Kier alpha value is -0.680. The van der Waals surface area contributed by atoms with Crippen LogP contribution in [0.2, 0.25) is 10.0 Å². The summed E-state index contributed by atoms with van der Waals surface area (Å²) in [5.41, 5.74) is 1.68. The largest absolute Gasteiger partial charge is 0.309 e. The monoisotopic (exact) mass is 301 g/mol. The molecule has 0 unspecified atom stereocenters. The lowest BCUT2D eigenvalue weighted by Crippen LogP contribution is -2.21. The molecule has 2 rings (SSSR count). The van der Waals surface area contributed by atoms with Crippen molar-refractivity contribution in [3.05, 3.63) is 33.4 Å². The van der Waals surface area contributed by atoms with Gasteiger partial charge in [-0.05, 0) is 6.07 Å². The summed E-state index contributed by atoms with van der Waals surface area (Å²) in [6.45, 7) is 4.95. The van der Waals surface area contributed by atoms with E-state index in [9.17, 15) is 0 Å². The molecule has 3 nitrogen and oxygen atoms in total. The predicted molar refractivity (Wildman–Crippen MR) is 77.3 cm³/mol. The normalized spacial score (nSPS) is 11.2. The number of hydrogen-bond acceptors (Lipinski definition) is 4. The average molecular weight is 302 g/mol. The molecule has 0 amide bonds. The van der Waals surface area contributed by atoms with Gasteiger partial charge in [0.2, 0.25) is 0 Å². The molecule has 96 valence electrons. The summed E-state index contributed by atoms with van der Waals surface area (Å²) in [6, 6.07) is 2.12. The van der Waals surface area contributed by atoms with Gasteiger partial charge in [0.05, 0.1) is 15.7 Å². The minimum Gasteiger partial charge on any atom is -0.309 e. The van der Waals surface area contributed by atoms with E-state index >= 15 is 0 Å². The molecule has 2 aromatic heterocycles. The van der Waals surface area contributed by atoms with Crippen LogP contribution in [0.25, 0.3) is 10.7 Å². The van der Waals surface area contributed by atoms with Crippen molar-refractivity contribution in [2.75, 3.05) is 0 Å². The van der Waals surface area contributed by atoms with Crippen LogP contribution in [0, 0.1) is 0 Å². The third-order valence-electron chi connectivity index (χ3n) is 2.25. The van der Waals surface area contributed by atoms with Crippen LogP contribution in [0.5, 0.6) is 0 Å². The van der Waals surface area contributed by atoms with Gasteiger partial charge in [-0.25, -0.2) is 4.98 Å². The van der Waals surface area contributed by atoms with Gasteiger partial charge in [0.1, 0.15) is 10.7 Å². The van der Waals surface area contributed by atoms with Gasteiger partial charge < -0.3 is 5.32 Å². The van der Waals surface area contributed by atoms with Crippen LogP contribution in [0.15, 0.2) is 17.6 Å². The number of nitrogens with one attached hydrogen (secondary N) is 1.